The topological polar surface area (TPSA) is 168 Å². The second-order valence-corrected chi connectivity index (χ2v) is 9.10. The Hall–Kier alpha value is -5.78. The molecule has 5 N–H and O–H groups in total. The molecule has 4 heterocycles. The molecule has 0 bridgehead atoms. The third-order valence-electron chi connectivity index (χ3n) is 6.38. The summed E-state index contributed by atoms with van der Waals surface area (Å²) in [4.78, 5) is 40.9. The molecule has 2 amide bonds. The van der Waals surface area contributed by atoms with Crippen molar-refractivity contribution in [2.45, 2.75) is 13.3 Å². The van der Waals surface area contributed by atoms with Gasteiger partial charge in [0.1, 0.15) is 5.56 Å². The number of hydrogen-bond donors (Lipinski definition) is 3. The zero-order valence-corrected chi connectivity index (χ0v) is 22.4. The number of rotatable bonds is 5. The number of nitrogens with two attached hydrogens (primary N) is 2. The Bertz CT molecular complexity index is 1960. The first-order chi connectivity index (χ1) is 19.8. The van der Waals surface area contributed by atoms with Crippen LogP contribution >= 0.6 is 0 Å². The van der Waals surface area contributed by atoms with Gasteiger partial charge in [-0.15, -0.1) is 5.10 Å². The molecule has 0 fully saturated rings. The van der Waals surface area contributed by atoms with E-state index in [4.69, 9.17) is 11.5 Å². The van der Waals surface area contributed by atoms with Gasteiger partial charge < -0.3 is 16.8 Å². The first-order valence-corrected chi connectivity index (χ1v) is 12.7. The molecule has 6 rings (SSSR count). The van der Waals surface area contributed by atoms with Crippen LogP contribution in [-0.2, 0) is 13.5 Å². The molecule has 12 nitrogen and oxygen atoms in total. The van der Waals surface area contributed by atoms with E-state index in [2.05, 4.69) is 20.5 Å². The molecule has 0 saturated carbocycles. The van der Waals surface area contributed by atoms with Crippen LogP contribution in [0.2, 0.25) is 0 Å². The fraction of sp³-hybridized carbons (Fsp3) is 0.103. The highest BCUT2D eigenvalue weighted by molar-refractivity contribution is 6.09. The zero-order chi connectivity index (χ0) is 29.1. The zero-order valence-electron chi connectivity index (χ0n) is 22.4. The van der Waals surface area contributed by atoms with Crippen LogP contribution in [0.5, 0.6) is 0 Å². The fourth-order valence-corrected chi connectivity index (χ4v) is 4.51. The maximum Gasteiger partial charge on any atom is 0.265 e. The number of amides is 2. The van der Waals surface area contributed by atoms with Crippen molar-refractivity contribution in [1.29, 1.82) is 0 Å². The Kier molecular flexibility index (Phi) is 7.29. The molecule has 0 radical (unpaired) electrons. The highest BCUT2D eigenvalue weighted by Gasteiger charge is 2.17. The van der Waals surface area contributed by atoms with Gasteiger partial charge in [0, 0.05) is 37.0 Å². The van der Waals surface area contributed by atoms with E-state index in [1.54, 1.807) is 47.0 Å². The number of hydrogen-bond acceptors (Lipinski definition) is 7. The van der Waals surface area contributed by atoms with Crippen molar-refractivity contribution < 1.29 is 9.59 Å². The molecule has 206 valence electrons. The number of carbonyl (C=O) groups is 2. The van der Waals surface area contributed by atoms with Gasteiger partial charge in [0.2, 0.25) is 0 Å². The average molecular weight is 550 g/mol. The summed E-state index contributed by atoms with van der Waals surface area (Å²) in [7, 11) is 1.75. The van der Waals surface area contributed by atoms with Gasteiger partial charge in [-0.3, -0.25) is 23.6 Å². The summed E-state index contributed by atoms with van der Waals surface area (Å²) >= 11 is 0. The number of primary amides is 1. The molecule has 0 aliphatic carbocycles. The molecular weight excluding hydrogens is 522 g/mol. The quantitative estimate of drug-likeness (QED) is 0.297. The van der Waals surface area contributed by atoms with Crippen molar-refractivity contribution in [3.05, 3.63) is 113 Å². The number of nitrogens with one attached hydrogen (secondary N) is 1. The summed E-state index contributed by atoms with van der Waals surface area (Å²) in [5.74, 6) is -0.816. The molecule has 41 heavy (non-hydrogen) atoms. The third-order valence-corrected chi connectivity index (χ3v) is 6.38. The molecule has 4 aromatic heterocycles. The first kappa shape index (κ1) is 26.8. The van der Waals surface area contributed by atoms with Crippen molar-refractivity contribution in [2.24, 2.45) is 12.8 Å². The second-order valence-electron chi connectivity index (χ2n) is 9.10. The minimum Gasteiger partial charge on any atom is -0.381 e. The molecule has 0 spiro atoms. The number of aromatic nitrogens is 6. The van der Waals surface area contributed by atoms with Gasteiger partial charge in [0.25, 0.3) is 17.4 Å². The highest BCUT2D eigenvalue weighted by atomic mass is 16.2. The molecule has 0 unspecified atom stereocenters. The van der Waals surface area contributed by atoms with Gasteiger partial charge in [-0.25, -0.2) is 9.50 Å². The normalized spacial score (nSPS) is 10.8. The summed E-state index contributed by atoms with van der Waals surface area (Å²) in [5, 5.41) is 12.0. The van der Waals surface area contributed by atoms with E-state index in [1.807, 2.05) is 55.5 Å². The summed E-state index contributed by atoms with van der Waals surface area (Å²) < 4.78 is 4.69. The molecule has 0 atom stereocenters. The second kappa shape index (κ2) is 11.1. The number of fused-ring (bicyclic) bond motifs is 2. The maximum atomic E-state index is 13.4. The van der Waals surface area contributed by atoms with Crippen molar-refractivity contribution in [3.63, 3.8) is 0 Å². The van der Waals surface area contributed by atoms with E-state index in [1.165, 1.54) is 10.7 Å². The maximum absolute atomic E-state index is 13.4. The van der Waals surface area contributed by atoms with Gasteiger partial charge >= 0.3 is 0 Å². The summed E-state index contributed by atoms with van der Waals surface area (Å²) in [6.07, 6.45) is 7.04. The summed E-state index contributed by atoms with van der Waals surface area (Å²) in [6.45, 7) is 2.02. The van der Waals surface area contributed by atoms with E-state index >= 15 is 0 Å². The number of anilines is 2. The Morgan fingerprint density at radius 2 is 1.83 bits per heavy atom. The largest absolute Gasteiger partial charge is 0.381 e. The lowest BCUT2D eigenvalue weighted by molar-refractivity contribution is 0.0999. The van der Waals surface area contributed by atoms with Gasteiger partial charge in [0.15, 0.2) is 11.5 Å². The third kappa shape index (κ3) is 5.26. The lowest BCUT2D eigenvalue weighted by Gasteiger charge is -2.15. The molecule has 0 aliphatic rings. The van der Waals surface area contributed by atoms with Crippen LogP contribution in [-0.4, -0.2) is 40.8 Å². The van der Waals surface area contributed by atoms with Crippen molar-refractivity contribution in [3.8, 4) is 5.69 Å². The van der Waals surface area contributed by atoms with E-state index in [-0.39, 0.29) is 22.8 Å². The molecular formula is C29H27N9O3. The van der Waals surface area contributed by atoms with Gasteiger partial charge in [-0.1, -0.05) is 37.3 Å². The number of aryl methyl sites for hydroxylation is 2. The first-order valence-electron chi connectivity index (χ1n) is 12.7. The molecule has 0 saturated heterocycles. The smallest absolute Gasteiger partial charge is 0.265 e. The molecule has 2 aromatic carbocycles. The minimum absolute atomic E-state index is 0.103. The Balaban J connectivity index is 0.000000216. The van der Waals surface area contributed by atoms with Crippen LogP contribution in [0.1, 0.15) is 33.3 Å². The van der Waals surface area contributed by atoms with Crippen molar-refractivity contribution >= 4 is 39.7 Å². The van der Waals surface area contributed by atoms with Crippen molar-refractivity contribution in [2.75, 3.05) is 11.1 Å². The van der Waals surface area contributed by atoms with E-state index in [9.17, 15) is 14.4 Å². The molecule has 12 heteroatoms. The standard InChI is InChI=1S/C22H20N4O2.C7H7N5O/c1-3-17-12-15-8-7-11-19(24-21(27)16-13-23-25(2)14-16)20(15)22(28)26(17)18-9-5-4-6-10-18;8-5-4(6(9)13)7-10-2-1-3-12(7)11-5/h4-14H,3H2,1-2H3,(H,24,27);1-3H,(H2,8,11)(H2,9,13). The van der Waals surface area contributed by atoms with Crippen LogP contribution in [0.15, 0.2) is 90.2 Å². The predicted molar refractivity (Wildman–Crippen MR) is 156 cm³/mol. The van der Waals surface area contributed by atoms with Crippen molar-refractivity contribution in [1.82, 2.24) is 28.9 Å². The Morgan fingerprint density at radius 1 is 1.05 bits per heavy atom. The van der Waals surface area contributed by atoms with E-state index < -0.39 is 5.91 Å². The van der Waals surface area contributed by atoms with Gasteiger partial charge in [0.05, 0.1) is 22.8 Å². The highest BCUT2D eigenvalue weighted by Crippen LogP contribution is 2.24. The number of para-hydroxylation sites is 1. The summed E-state index contributed by atoms with van der Waals surface area (Å²) in [6, 6.07) is 18.7. The monoisotopic (exact) mass is 549 g/mol. The SMILES string of the molecule is CCc1cc2cccc(NC(=O)c3cnn(C)c3)c2c(=O)n1-c1ccccc1.NC(=O)c1c(N)nn2cccnc12. The number of nitrogens with zero attached hydrogens (tertiary/aromatic N) is 6. The molecule has 6 aromatic rings. The number of pyridine rings is 1. The fourth-order valence-electron chi connectivity index (χ4n) is 4.51. The summed E-state index contributed by atoms with van der Waals surface area (Å²) in [5.41, 5.74) is 13.6. The number of benzene rings is 2. The lowest BCUT2D eigenvalue weighted by atomic mass is 10.1. The minimum atomic E-state index is -0.619. The van der Waals surface area contributed by atoms with Crippen LogP contribution in [0.3, 0.4) is 0 Å². The molecule has 0 aliphatic heterocycles. The Labute approximate surface area is 233 Å². The van der Waals surface area contributed by atoms with Gasteiger partial charge in [-0.2, -0.15) is 5.10 Å². The average Bonchev–Trinajstić information content (AvgIpc) is 3.56. The van der Waals surface area contributed by atoms with Crippen LogP contribution in [0.4, 0.5) is 11.5 Å². The Morgan fingerprint density at radius 3 is 2.51 bits per heavy atom. The lowest BCUT2D eigenvalue weighted by Crippen LogP contribution is -2.23. The van der Waals surface area contributed by atoms with Gasteiger partial charge in [-0.05, 0) is 42.1 Å². The van der Waals surface area contributed by atoms with E-state index in [0.29, 0.717) is 28.7 Å². The predicted octanol–water partition coefficient (Wildman–Crippen LogP) is 2.95. The van der Waals surface area contributed by atoms with Crippen LogP contribution < -0.4 is 22.3 Å². The number of nitrogen functional groups attached to an aromatic ring is 1. The van der Waals surface area contributed by atoms with E-state index in [0.717, 1.165) is 16.8 Å². The van der Waals surface area contributed by atoms with Crippen LogP contribution in [0.25, 0.3) is 22.1 Å². The van der Waals surface area contributed by atoms with Crippen LogP contribution in [0, 0.1) is 0 Å². The number of carbonyl (C=O) groups excluding carboxylic acids is 2.